The van der Waals surface area contributed by atoms with Crippen molar-refractivity contribution in [3.05, 3.63) is 30.1 Å². The lowest BCUT2D eigenvalue weighted by Gasteiger charge is -2.31. The van der Waals surface area contributed by atoms with Gasteiger partial charge in [-0.1, -0.05) is 39.8 Å². The number of nitrogens with one attached hydrogen (secondary N) is 1. The lowest BCUT2D eigenvalue weighted by Crippen LogP contribution is -2.34. The van der Waals surface area contributed by atoms with Crippen LogP contribution in [0.3, 0.4) is 0 Å². The number of anilines is 1. The number of nitrogens with zero attached hydrogens (tertiary/aromatic N) is 1. The Morgan fingerprint density at radius 3 is 2.35 bits per heavy atom. The van der Waals surface area contributed by atoms with Crippen LogP contribution < -0.4 is 5.32 Å². The smallest absolute Gasteiger partial charge is 0.146 e. The van der Waals surface area contributed by atoms with Crippen molar-refractivity contribution >= 4 is 5.69 Å². The SMILES string of the molecule is CC(C(C#N)Nc1ccccc1F)C(C)(C)C. The number of para-hydroxylation sites is 1. The van der Waals surface area contributed by atoms with Crippen LogP contribution in [0.4, 0.5) is 10.1 Å². The van der Waals surface area contributed by atoms with Crippen molar-refractivity contribution in [2.45, 2.75) is 33.7 Å². The first-order valence-corrected chi connectivity index (χ1v) is 5.77. The number of hydrogen-bond acceptors (Lipinski definition) is 2. The third-order valence-electron chi connectivity index (χ3n) is 3.19. The van der Waals surface area contributed by atoms with Crippen molar-refractivity contribution in [1.82, 2.24) is 0 Å². The third-order valence-corrected chi connectivity index (χ3v) is 3.19. The summed E-state index contributed by atoms with van der Waals surface area (Å²) < 4.78 is 13.5. The highest BCUT2D eigenvalue weighted by molar-refractivity contribution is 5.46. The molecular formula is C14H19FN2. The van der Waals surface area contributed by atoms with Gasteiger partial charge in [-0.2, -0.15) is 5.26 Å². The summed E-state index contributed by atoms with van der Waals surface area (Å²) in [6.45, 7) is 8.23. The monoisotopic (exact) mass is 234 g/mol. The number of rotatable bonds is 3. The van der Waals surface area contributed by atoms with Crippen molar-refractivity contribution in [3.63, 3.8) is 0 Å². The second kappa shape index (κ2) is 5.18. The molecule has 2 atom stereocenters. The van der Waals surface area contributed by atoms with Gasteiger partial charge in [0.2, 0.25) is 0 Å². The molecule has 1 aromatic carbocycles. The number of nitriles is 1. The summed E-state index contributed by atoms with van der Waals surface area (Å²) >= 11 is 0. The van der Waals surface area contributed by atoms with Gasteiger partial charge in [0.1, 0.15) is 11.9 Å². The highest BCUT2D eigenvalue weighted by Gasteiger charge is 2.28. The fourth-order valence-electron chi connectivity index (χ4n) is 1.51. The first-order chi connectivity index (χ1) is 7.86. The molecule has 17 heavy (non-hydrogen) atoms. The third kappa shape index (κ3) is 3.45. The molecule has 0 amide bonds. The van der Waals surface area contributed by atoms with Gasteiger partial charge in [0.25, 0.3) is 0 Å². The second-order valence-electron chi connectivity index (χ2n) is 5.39. The van der Waals surface area contributed by atoms with Gasteiger partial charge in [0, 0.05) is 0 Å². The van der Waals surface area contributed by atoms with Crippen LogP contribution in [0, 0.1) is 28.5 Å². The van der Waals surface area contributed by atoms with E-state index in [1.165, 1.54) is 6.07 Å². The summed E-state index contributed by atoms with van der Waals surface area (Å²) in [7, 11) is 0. The standard InChI is InChI=1S/C14H19FN2/c1-10(14(2,3)4)13(9-16)17-12-8-6-5-7-11(12)15/h5-8,10,13,17H,1-4H3. The number of hydrogen-bond donors (Lipinski definition) is 1. The second-order valence-corrected chi connectivity index (χ2v) is 5.39. The molecule has 1 N–H and O–H groups in total. The van der Waals surface area contributed by atoms with Gasteiger partial charge in [0.15, 0.2) is 0 Å². The molecule has 0 bridgehead atoms. The van der Waals surface area contributed by atoms with E-state index in [1.54, 1.807) is 18.2 Å². The molecule has 1 rings (SSSR count). The average molecular weight is 234 g/mol. The Hall–Kier alpha value is -1.56. The molecule has 2 unspecified atom stereocenters. The fraction of sp³-hybridized carbons (Fsp3) is 0.500. The molecule has 0 fully saturated rings. The molecule has 0 aliphatic heterocycles. The van der Waals surface area contributed by atoms with Crippen LogP contribution in [0.25, 0.3) is 0 Å². The van der Waals surface area contributed by atoms with Crippen LogP contribution in [0.15, 0.2) is 24.3 Å². The fourth-order valence-corrected chi connectivity index (χ4v) is 1.51. The first-order valence-electron chi connectivity index (χ1n) is 5.77. The molecule has 92 valence electrons. The van der Waals surface area contributed by atoms with E-state index in [1.807, 2.05) is 6.92 Å². The minimum Gasteiger partial charge on any atom is -0.367 e. The molecule has 0 saturated carbocycles. The quantitative estimate of drug-likeness (QED) is 0.863. The van der Waals surface area contributed by atoms with Gasteiger partial charge in [-0.25, -0.2) is 4.39 Å². The summed E-state index contributed by atoms with van der Waals surface area (Å²) in [6.07, 6.45) is 0. The van der Waals surface area contributed by atoms with E-state index in [0.29, 0.717) is 5.69 Å². The Bertz CT molecular complexity index is 415. The van der Waals surface area contributed by atoms with Gasteiger partial charge in [-0.15, -0.1) is 0 Å². The van der Waals surface area contributed by atoms with E-state index in [2.05, 4.69) is 32.2 Å². The zero-order valence-electron chi connectivity index (χ0n) is 10.8. The normalized spacial score (nSPS) is 14.8. The minimum atomic E-state index is -0.396. The summed E-state index contributed by atoms with van der Waals surface area (Å²) in [5, 5.41) is 12.1. The molecule has 0 saturated heterocycles. The van der Waals surface area contributed by atoms with Crippen molar-refractivity contribution < 1.29 is 4.39 Å². The van der Waals surface area contributed by atoms with Crippen LogP contribution in [0.5, 0.6) is 0 Å². The van der Waals surface area contributed by atoms with Crippen LogP contribution in [-0.4, -0.2) is 6.04 Å². The maximum Gasteiger partial charge on any atom is 0.146 e. The summed E-state index contributed by atoms with van der Waals surface area (Å²) in [4.78, 5) is 0. The van der Waals surface area contributed by atoms with Gasteiger partial charge in [-0.3, -0.25) is 0 Å². The van der Waals surface area contributed by atoms with E-state index in [4.69, 9.17) is 0 Å². The Morgan fingerprint density at radius 2 is 1.88 bits per heavy atom. The van der Waals surface area contributed by atoms with E-state index >= 15 is 0 Å². The van der Waals surface area contributed by atoms with Crippen LogP contribution in [0.2, 0.25) is 0 Å². The largest absolute Gasteiger partial charge is 0.367 e. The topological polar surface area (TPSA) is 35.8 Å². The van der Waals surface area contributed by atoms with Gasteiger partial charge in [-0.05, 0) is 23.5 Å². The van der Waals surface area contributed by atoms with Crippen molar-refractivity contribution in [1.29, 1.82) is 5.26 Å². The Balaban J connectivity index is 2.86. The van der Waals surface area contributed by atoms with Crippen molar-refractivity contribution in [3.8, 4) is 6.07 Å². The molecule has 0 radical (unpaired) electrons. The zero-order valence-corrected chi connectivity index (χ0v) is 10.8. The molecule has 0 aliphatic carbocycles. The molecular weight excluding hydrogens is 215 g/mol. The number of halogens is 1. The minimum absolute atomic E-state index is 0.00134. The highest BCUT2D eigenvalue weighted by Crippen LogP contribution is 2.30. The Labute approximate surface area is 102 Å². The zero-order chi connectivity index (χ0) is 13.1. The molecule has 0 aliphatic rings. The molecule has 1 aromatic rings. The maximum atomic E-state index is 13.5. The lowest BCUT2D eigenvalue weighted by atomic mass is 9.78. The lowest BCUT2D eigenvalue weighted by molar-refractivity contribution is 0.252. The Kier molecular flexibility index (Phi) is 4.11. The van der Waals surface area contributed by atoms with E-state index in [9.17, 15) is 9.65 Å². The van der Waals surface area contributed by atoms with Crippen molar-refractivity contribution in [2.75, 3.05) is 5.32 Å². The predicted octanol–water partition coefficient (Wildman–Crippen LogP) is 3.81. The predicted molar refractivity (Wildman–Crippen MR) is 68.0 cm³/mol. The molecule has 0 heterocycles. The van der Waals surface area contributed by atoms with Crippen LogP contribution >= 0.6 is 0 Å². The van der Waals surface area contributed by atoms with E-state index in [0.717, 1.165) is 0 Å². The van der Waals surface area contributed by atoms with Gasteiger partial charge < -0.3 is 5.32 Å². The molecule has 3 heteroatoms. The average Bonchev–Trinajstić information content (AvgIpc) is 2.26. The summed E-state index contributed by atoms with van der Waals surface area (Å²) in [5.74, 6) is -0.207. The molecule has 0 spiro atoms. The Morgan fingerprint density at radius 1 is 1.29 bits per heavy atom. The number of benzene rings is 1. The van der Waals surface area contributed by atoms with Gasteiger partial charge in [0.05, 0.1) is 11.8 Å². The van der Waals surface area contributed by atoms with Crippen LogP contribution in [-0.2, 0) is 0 Å². The molecule has 0 aromatic heterocycles. The van der Waals surface area contributed by atoms with Gasteiger partial charge >= 0.3 is 0 Å². The van der Waals surface area contributed by atoms with E-state index < -0.39 is 6.04 Å². The maximum absolute atomic E-state index is 13.5. The summed E-state index contributed by atoms with van der Waals surface area (Å²) in [5.41, 5.74) is 0.383. The van der Waals surface area contributed by atoms with E-state index in [-0.39, 0.29) is 17.2 Å². The van der Waals surface area contributed by atoms with Crippen molar-refractivity contribution in [2.24, 2.45) is 11.3 Å². The van der Waals surface area contributed by atoms with Crippen LogP contribution in [0.1, 0.15) is 27.7 Å². The highest BCUT2D eigenvalue weighted by atomic mass is 19.1. The summed E-state index contributed by atoms with van der Waals surface area (Å²) in [6, 6.07) is 8.23. The first kappa shape index (κ1) is 13.5. The molecule has 2 nitrogen and oxygen atoms in total.